The van der Waals surface area contributed by atoms with E-state index in [0.717, 1.165) is 11.3 Å². The number of aryl methyl sites for hydroxylation is 1. The number of fused-ring (bicyclic) bond motifs is 1. The average molecular weight is 357 g/mol. The first kappa shape index (κ1) is 16.9. The lowest BCUT2D eigenvalue weighted by atomic mass is 9.48. The topological polar surface area (TPSA) is 63.7 Å². The summed E-state index contributed by atoms with van der Waals surface area (Å²) in [4.78, 5) is 13.4. The third kappa shape index (κ3) is 2.36. The van der Waals surface area contributed by atoms with E-state index in [1.807, 2.05) is 13.0 Å². The van der Waals surface area contributed by atoms with E-state index >= 15 is 0 Å². The van der Waals surface area contributed by atoms with Crippen molar-refractivity contribution < 1.29 is 17.9 Å². The van der Waals surface area contributed by atoms with Gasteiger partial charge in [-0.05, 0) is 36.3 Å². The van der Waals surface area contributed by atoms with E-state index in [2.05, 4.69) is 13.8 Å². The van der Waals surface area contributed by atoms with Gasteiger partial charge in [0, 0.05) is 18.0 Å². The van der Waals surface area contributed by atoms with Gasteiger partial charge in [0.15, 0.2) is 0 Å². The van der Waals surface area contributed by atoms with Gasteiger partial charge in [-0.25, -0.2) is 8.42 Å². The monoisotopic (exact) mass is 357 g/mol. The van der Waals surface area contributed by atoms with Crippen molar-refractivity contribution in [1.82, 2.24) is 4.31 Å². The highest BCUT2D eigenvalue weighted by molar-refractivity contribution is 7.91. The van der Waals surface area contributed by atoms with Crippen molar-refractivity contribution in [2.24, 2.45) is 16.7 Å². The van der Waals surface area contributed by atoms with Crippen molar-refractivity contribution >= 4 is 27.3 Å². The molecule has 5 nitrogen and oxygen atoms in total. The minimum absolute atomic E-state index is 0.0165. The largest absolute Gasteiger partial charge is 0.469 e. The standard InChI is InChI=1S/C16H23NO4S2/c1-5-11-6-7-13(22-11)23(19,20)17-8-12-15(2,3)9-16(12,10-17)14(18)21-4/h6-7,12H,5,8-10H2,1-4H3/t12-,16+/m1/s1. The Morgan fingerprint density at radius 2 is 2.13 bits per heavy atom. The Morgan fingerprint density at radius 3 is 2.65 bits per heavy atom. The van der Waals surface area contributed by atoms with Gasteiger partial charge in [-0.15, -0.1) is 11.3 Å². The van der Waals surface area contributed by atoms with Crippen LogP contribution in [0.3, 0.4) is 0 Å². The molecule has 1 saturated carbocycles. The van der Waals surface area contributed by atoms with Crippen LogP contribution >= 0.6 is 11.3 Å². The molecule has 3 rings (SSSR count). The van der Waals surface area contributed by atoms with E-state index in [4.69, 9.17) is 4.74 Å². The van der Waals surface area contributed by atoms with Crippen LogP contribution in [0, 0.1) is 16.7 Å². The molecule has 0 unspecified atom stereocenters. The predicted octanol–water partition coefficient (Wildman–Crippen LogP) is 2.52. The number of nitrogens with zero attached hydrogens (tertiary/aromatic N) is 1. The van der Waals surface area contributed by atoms with E-state index in [1.54, 1.807) is 6.07 Å². The molecule has 2 atom stereocenters. The summed E-state index contributed by atoms with van der Waals surface area (Å²) in [6.45, 7) is 6.82. The molecule has 1 aromatic rings. The molecule has 2 heterocycles. The summed E-state index contributed by atoms with van der Waals surface area (Å²) in [5.41, 5.74) is -0.710. The highest BCUT2D eigenvalue weighted by Gasteiger charge is 2.68. The van der Waals surface area contributed by atoms with E-state index in [9.17, 15) is 13.2 Å². The Kier molecular flexibility index (Phi) is 3.89. The summed E-state index contributed by atoms with van der Waals surface area (Å²) in [7, 11) is -2.16. The summed E-state index contributed by atoms with van der Waals surface area (Å²) in [5, 5.41) is 0. The van der Waals surface area contributed by atoms with Gasteiger partial charge in [-0.2, -0.15) is 4.31 Å². The third-order valence-electron chi connectivity index (χ3n) is 5.40. The Bertz CT molecular complexity index is 737. The van der Waals surface area contributed by atoms with Gasteiger partial charge >= 0.3 is 5.97 Å². The molecule has 128 valence electrons. The molecule has 0 radical (unpaired) electrons. The first-order chi connectivity index (χ1) is 10.7. The maximum absolute atomic E-state index is 12.9. The van der Waals surface area contributed by atoms with Crippen LogP contribution < -0.4 is 0 Å². The van der Waals surface area contributed by atoms with Gasteiger partial charge in [-0.3, -0.25) is 4.79 Å². The van der Waals surface area contributed by atoms with Gasteiger partial charge in [0.05, 0.1) is 12.5 Å². The van der Waals surface area contributed by atoms with Crippen molar-refractivity contribution in [2.45, 2.75) is 37.8 Å². The SMILES string of the molecule is CCc1ccc(S(=O)(=O)N2C[C@@H]3C(C)(C)C[C@]3(C(=O)OC)C2)s1. The fraction of sp³-hybridized carbons (Fsp3) is 0.688. The van der Waals surface area contributed by atoms with Gasteiger partial charge < -0.3 is 4.74 Å². The van der Waals surface area contributed by atoms with Crippen molar-refractivity contribution in [3.05, 3.63) is 17.0 Å². The first-order valence-electron chi connectivity index (χ1n) is 7.84. The smallest absolute Gasteiger partial charge is 0.313 e. The second kappa shape index (κ2) is 5.29. The maximum atomic E-state index is 12.9. The number of carbonyl (C=O) groups is 1. The lowest BCUT2D eigenvalue weighted by Crippen LogP contribution is -2.57. The van der Waals surface area contributed by atoms with E-state index < -0.39 is 15.4 Å². The van der Waals surface area contributed by atoms with Crippen molar-refractivity contribution in [1.29, 1.82) is 0 Å². The molecule has 0 spiro atoms. The lowest BCUT2D eigenvalue weighted by Gasteiger charge is -2.54. The van der Waals surface area contributed by atoms with Crippen LogP contribution in [0.2, 0.25) is 0 Å². The van der Waals surface area contributed by atoms with Crippen LogP contribution in [-0.2, 0) is 26.0 Å². The summed E-state index contributed by atoms with van der Waals surface area (Å²) < 4.78 is 32.7. The number of carbonyl (C=O) groups excluding carboxylic acids is 1. The number of methoxy groups -OCH3 is 1. The quantitative estimate of drug-likeness (QED) is 0.777. The third-order valence-corrected chi connectivity index (χ3v) is 8.91. The molecule has 1 aliphatic heterocycles. The number of esters is 1. The van der Waals surface area contributed by atoms with Crippen LogP contribution in [0.25, 0.3) is 0 Å². The Hall–Kier alpha value is -0.920. The summed E-state index contributed by atoms with van der Waals surface area (Å²) in [6, 6.07) is 3.54. The molecular weight excluding hydrogens is 334 g/mol. The molecule has 1 saturated heterocycles. The van der Waals surface area contributed by atoms with E-state index in [-0.39, 0.29) is 23.8 Å². The van der Waals surface area contributed by atoms with Gasteiger partial charge in [0.2, 0.25) is 0 Å². The number of hydrogen-bond acceptors (Lipinski definition) is 5. The van der Waals surface area contributed by atoms with Crippen LogP contribution in [0.5, 0.6) is 0 Å². The van der Waals surface area contributed by atoms with Crippen LogP contribution in [0.4, 0.5) is 0 Å². The zero-order valence-electron chi connectivity index (χ0n) is 14.0. The van der Waals surface area contributed by atoms with Crippen LogP contribution in [0.15, 0.2) is 16.3 Å². The normalized spacial score (nSPS) is 29.8. The van der Waals surface area contributed by atoms with Gasteiger partial charge in [0.25, 0.3) is 10.0 Å². The highest BCUT2D eigenvalue weighted by atomic mass is 32.2. The maximum Gasteiger partial charge on any atom is 0.313 e. The molecule has 7 heteroatoms. The van der Waals surface area contributed by atoms with Crippen molar-refractivity contribution in [2.75, 3.05) is 20.2 Å². The molecule has 0 aromatic carbocycles. The molecule has 0 N–H and O–H groups in total. The summed E-state index contributed by atoms with van der Waals surface area (Å²) in [5.74, 6) is -0.261. The van der Waals surface area contributed by atoms with Gasteiger partial charge in [0.1, 0.15) is 4.21 Å². The van der Waals surface area contributed by atoms with Crippen molar-refractivity contribution in [3.63, 3.8) is 0 Å². The zero-order chi connectivity index (χ0) is 17.0. The molecule has 2 aliphatic rings. The van der Waals surface area contributed by atoms with Crippen LogP contribution in [-0.4, -0.2) is 38.9 Å². The zero-order valence-corrected chi connectivity index (χ0v) is 15.6. The van der Waals surface area contributed by atoms with E-state index in [0.29, 0.717) is 17.2 Å². The minimum atomic E-state index is -3.54. The molecule has 0 amide bonds. The highest BCUT2D eigenvalue weighted by Crippen LogP contribution is 2.63. The number of sulfonamides is 1. The Labute approximate surface area is 141 Å². The molecule has 2 fully saturated rings. The number of ether oxygens (including phenoxy) is 1. The molecule has 0 bridgehead atoms. The number of hydrogen-bond donors (Lipinski definition) is 0. The fourth-order valence-electron chi connectivity index (χ4n) is 4.33. The molecule has 1 aromatic heterocycles. The number of thiophene rings is 1. The Morgan fingerprint density at radius 1 is 1.43 bits per heavy atom. The Balaban J connectivity index is 1.92. The van der Waals surface area contributed by atoms with Crippen LogP contribution in [0.1, 0.15) is 32.1 Å². The number of rotatable bonds is 4. The van der Waals surface area contributed by atoms with Crippen molar-refractivity contribution in [3.8, 4) is 0 Å². The first-order valence-corrected chi connectivity index (χ1v) is 10.1. The summed E-state index contributed by atoms with van der Waals surface area (Å²) in [6.07, 6.45) is 1.50. The molecule has 1 aliphatic carbocycles. The van der Waals surface area contributed by atoms with Gasteiger partial charge in [-0.1, -0.05) is 20.8 Å². The average Bonchev–Trinajstić information content (AvgIpc) is 3.09. The lowest BCUT2D eigenvalue weighted by molar-refractivity contribution is -0.174. The molecular formula is C16H23NO4S2. The molecule has 23 heavy (non-hydrogen) atoms. The minimum Gasteiger partial charge on any atom is -0.469 e. The summed E-state index contributed by atoms with van der Waals surface area (Å²) >= 11 is 1.32. The fourth-order valence-corrected chi connectivity index (χ4v) is 7.30. The second-order valence-corrected chi connectivity index (χ2v) is 10.6. The van der Waals surface area contributed by atoms with E-state index in [1.165, 1.54) is 22.8 Å². The second-order valence-electron chi connectivity index (χ2n) is 7.24. The predicted molar refractivity (Wildman–Crippen MR) is 88.8 cm³/mol.